The number of carbonyl (C=O) groups excluding carboxylic acids is 2. The third-order valence-electron chi connectivity index (χ3n) is 3.88. The minimum absolute atomic E-state index is 0. The van der Waals surface area contributed by atoms with Crippen LogP contribution in [0.5, 0.6) is 5.75 Å². The van der Waals surface area contributed by atoms with Gasteiger partial charge in [-0.25, -0.2) is 0 Å². The largest absolute Gasteiger partial charge is 0.497 e. The molecule has 0 unspecified atom stereocenters. The van der Waals surface area contributed by atoms with Crippen molar-refractivity contribution in [1.29, 1.82) is 0 Å². The van der Waals surface area contributed by atoms with Gasteiger partial charge >= 0.3 is 5.97 Å². The summed E-state index contributed by atoms with van der Waals surface area (Å²) in [5.74, 6) is 0.564. The summed E-state index contributed by atoms with van der Waals surface area (Å²) in [6, 6.07) is 7.52. The summed E-state index contributed by atoms with van der Waals surface area (Å²) in [5, 5.41) is 0. The third-order valence-corrected chi connectivity index (χ3v) is 3.88. The highest BCUT2D eigenvalue weighted by molar-refractivity contribution is 5.91. The molecule has 0 saturated carbocycles. The molecule has 0 spiro atoms. The van der Waals surface area contributed by atoms with E-state index in [0.717, 1.165) is 11.3 Å². The fourth-order valence-corrected chi connectivity index (χ4v) is 2.50. The van der Waals surface area contributed by atoms with Gasteiger partial charge < -0.3 is 14.4 Å². The van der Waals surface area contributed by atoms with E-state index in [0.29, 0.717) is 32.8 Å². The van der Waals surface area contributed by atoms with Crippen molar-refractivity contribution in [2.24, 2.45) is 0 Å². The molecule has 1 aromatic carbocycles. The summed E-state index contributed by atoms with van der Waals surface area (Å²) in [5.41, 5.74) is 0.949. The molecule has 1 aromatic rings. The first kappa shape index (κ1) is 21.0. The topological polar surface area (TPSA) is 59.1 Å². The SMILES string of the molecule is CCOC(=O)CN1CCN(C(=O)/C=C/c2ccc(OC)cc2)CC1.Cl. The third kappa shape index (κ3) is 6.76. The fourth-order valence-electron chi connectivity index (χ4n) is 2.50. The number of nitrogens with zero attached hydrogens (tertiary/aromatic N) is 2. The van der Waals surface area contributed by atoms with E-state index < -0.39 is 0 Å². The van der Waals surface area contributed by atoms with Crippen LogP contribution in [0.3, 0.4) is 0 Å². The van der Waals surface area contributed by atoms with Crippen molar-refractivity contribution < 1.29 is 19.1 Å². The summed E-state index contributed by atoms with van der Waals surface area (Å²) in [6.07, 6.45) is 3.38. The Morgan fingerprint density at radius 3 is 2.32 bits per heavy atom. The Kier molecular flexibility index (Phi) is 9.02. The number of esters is 1. The van der Waals surface area contributed by atoms with Gasteiger partial charge in [0.2, 0.25) is 5.91 Å². The van der Waals surface area contributed by atoms with Crippen molar-refractivity contribution in [1.82, 2.24) is 9.80 Å². The molecule has 0 bridgehead atoms. The van der Waals surface area contributed by atoms with Gasteiger partial charge in [0.25, 0.3) is 0 Å². The van der Waals surface area contributed by atoms with Crippen molar-refractivity contribution >= 4 is 30.4 Å². The summed E-state index contributed by atoms with van der Waals surface area (Å²) >= 11 is 0. The molecule has 2 rings (SSSR count). The van der Waals surface area contributed by atoms with Crippen molar-refractivity contribution in [2.45, 2.75) is 6.92 Å². The highest BCUT2D eigenvalue weighted by Crippen LogP contribution is 2.12. The van der Waals surface area contributed by atoms with Gasteiger partial charge in [-0.2, -0.15) is 0 Å². The molecule has 1 fully saturated rings. The standard InChI is InChI=1S/C18H24N2O4.ClH/c1-3-24-18(22)14-19-10-12-20(13-11-19)17(21)9-6-15-4-7-16(23-2)8-5-15;/h4-9H,3,10-14H2,1-2H3;1H/b9-6+;. The number of carbonyl (C=O) groups is 2. The molecule has 0 radical (unpaired) electrons. The normalized spacial score (nSPS) is 14.9. The molecule has 0 N–H and O–H groups in total. The minimum Gasteiger partial charge on any atom is -0.497 e. The Morgan fingerprint density at radius 1 is 1.12 bits per heavy atom. The molecule has 1 aliphatic heterocycles. The quantitative estimate of drug-likeness (QED) is 0.566. The zero-order valence-electron chi connectivity index (χ0n) is 14.6. The molecule has 138 valence electrons. The molecular formula is C18H25ClN2O4. The van der Waals surface area contributed by atoms with E-state index in [2.05, 4.69) is 0 Å². The van der Waals surface area contributed by atoms with Gasteiger partial charge in [0.1, 0.15) is 5.75 Å². The summed E-state index contributed by atoms with van der Waals surface area (Å²) in [4.78, 5) is 27.5. The van der Waals surface area contributed by atoms with Crippen LogP contribution in [0, 0.1) is 0 Å². The zero-order chi connectivity index (χ0) is 17.4. The molecule has 1 heterocycles. The van der Waals surface area contributed by atoms with Crippen LogP contribution in [0.1, 0.15) is 12.5 Å². The number of hydrogen-bond acceptors (Lipinski definition) is 5. The molecule has 0 aromatic heterocycles. The van der Waals surface area contributed by atoms with E-state index >= 15 is 0 Å². The monoisotopic (exact) mass is 368 g/mol. The van der Waals surface area contributed by atoms with Crippen LogP contribution in [-0.4, -0.2) is 68.1 Å². The average Bonchev–Trinajstić information content (AvgIpc) is 2.61. The number of amides is 1. The van der Waals surface area contributed by atoms with E-state index in [1.807, 2.05) is 29.2 Å². The second-order valence-corrected chi connectivity index (χ2v) is 5.51. The number of rotatable bonds is 6. The van der Waals surface area contributed by atoms with Crippen LogP contribution in [0.2, 0.25) is 0 Å². The molecule has 0 aliphatic carbocycles. The lowest BCUT2D eigenvalue weighted by Crippen LogP contribution is -2.49. The van der Waals surface area contributed by atoms with Crippen LogP contribution in [0.15, 0.2) is 30.3 Å². The number of ether oxygens (including phenoxy) is 2. The lowest BCUT2D eigenvalue weighted by molar-refractivity contribution is -0.145. The molecule has 0 atom stereocenters. The van der Waals surface area contributed by atoms with Gasteiger partial charge in [-0.15, -0.1) is 12.4 Å². The number of piperazine rings is 1. The summed E-state index contributed by atoms with van der Waals surface area (Å²) in [7, 11) is 1.62. The maximum Gasteiger partial charge on any atom is 0.320 e. The van der Waals surface area contributed by atoms with Gasteiger partial charge in [-0.1, -0.05) is 12.1 Å². The minimum atomic E-state index is -0.211. The molecular weight excluding hydrogens is 344 g/mol. The Labute approximate surface area is 154 Å². The van der Waals surface area contributed by atoms with Crippen LogP contribution in [0.4, 0.5) is 0 Å². The van der Waals surface area contributed by atoms with Gasteiger partial charge in [0, 0.05) is 32.3 Å². The van der Waals surface area contributed by atoms with Gasteiger partial charge in [0.15, 0.2) is 0 Å². The van der Waals surface area contributed by atoms with Crippen molar-refractivity contribution in [3.8, 4) is 5.75 Å². The van der Waals surface area contributed by atoms with Crippen LogP contribution in [-0.2, 0) is 14.3 Å². The second kappa shape index (κ2) is 10.7. The number of halogens is 1. The van der Waals surface area contributed by atoms with Crippen molar-refractivity contribution in [2.75, 3.05) is 46.4 Å². The summed E-state index contributed by atoms with van der Waals surface area (Å²) in [6.45, 7) is 5.08. The van der Waals surface area contributed by atoms with E-state index in [9.17, 15) is 9.59 Å². The number of hydrogen-bond donors (Lipinski definition) is 0. The summed E-state index contributed by atoms with van der Waals surface area (Å²) < 4.78 is 10.0. The predicted octanol–water partition coefficient (Wildman–Crippen LogP) is 1.84. The molecule has 1 saturated heterocycles. The van der Waals surface area contributed by atoms with Gasteiger partial charge in [0.05, 0.1) is 20.3 Å². The van der Waals surface area contributed by atoms with Gasteiger partial charge in [-0.3, -0.25) is 14.5 Å². The molecule has 6 nitrogen and oxygen atoms in total. The Morgan fingerprint density at radius 2 is 1.76 bits per heavy atom. The zero-order valence-corrected chi connectivity index (χ0v) is 15.5. The molecule has 1 aliphatic rings. The number of methoxy groups -OCH3 is 1. The van der Waals surface area contributed by atoms with E-state index in [1.54, 1.807) is 31.1 Å². The Hall–Kier alpha value is -2.05. The predicted molar refractivity (Wildman–Crippen MR) is 98.9 cm³/mol. The first-order valence-corrected chi connectivity index (χ1v) is 8.11. The van der Waals surface area contributed by atoms with Crippen LogP contribution >= 0.6 is 12.4 Å². The van der Waals surface area contributed by atoms with Crippen molar-refractivity contribution in [3.05, 3.63) is 35.9 Å². The Balaban J connectivity index is 0.00000312. The van der Waals surface area contributed by atoms with Crippen LogP contribution < -0.4 is 4.74 Å². The lowest BCUT2D eigenvalue weighted by Gasteiger charge is -2.33. The van der Waals surface area contributed by atoms with E-state index in [4.69, 9.17) is 9.47 Å². The average molecular weight is 369 g/mol. The molecule has 25 heavy (non-hydrogen) atoms. The first-order chi connectivity index (χ1) is 11.6. The van der Waals surface area contributed by atoms with Crippen LogP contribution in [0.25, 0.3) is 6.08 Å². The first-order valence-electron chi connectivity index (χ1n) is 8.11. The van der Waals surface area contributed by atoms with Crippen molar-refractivity contribution in [3.63, 3.8) is 0 Å². The maximum atomic E-state index is 12.2. The number of benzene rings is 1. The lowest BCUT2D eigenvalue weighted by atomic mass is 10.2. The smallest absolute Gasteiger partial charge is 0.320 e. The highest BCUT2D eigenvalue weighted by Gasteiger charge is 2.21. The highest BCUT2D eigenvalue weighted by atomic mass is 35.5. The molecule has 7 heteroatoms. The second-order valence-electron chi connectivity index (χ2n) is 5.51. The van der Waals surface area contributed by atoms with E-state index in [-0.39, 0.29) is 30.8 Å². The Bertz CT molecular complexity index is 581. The maximum absolute atomic E-state index is 12.2. The fraction of sp³-hybridized carbons (Fsp3) is 0.444. The van der Waals surface area contributed by atoms with E-state index in [1.165, 1.54) is 0 Å². The molecule has 1 amide bonds. The van der Waals surface area contributed by atoms with Gasteiger partial charge in [-0.05, 0) is 30.7 Å².